The van der Waals surface area contributed by atoms with E-state index in [1.807, 2.05) is 62.3 Å². The minimum absolute atomic E-state index is 0.00923. The van der Waals surface area contributed by atoms with Crippen LogP contribution in [0, 0.1) is 11.6 Å². The molecular weight excluding hydrogens is 532 g/mol. The van der Waals surface area contributed by atoms with Crippen LogP contribution in [-0.4, -0.2) is 55.0 Å². The van der Waals surface area contributed by atoms with Crippen LogP contribution in [0.3, 0.4) is 0 Å². The van der Waals surface area contributed by atoms with E-state index in [4.69, 9.17) is 23.4 Å². The van der Waals surface area contributed by atoms with Crippen molar-refractivity contribution >= 4 is 36.9 Å². The quantitative estimate of drug-likeness (QED) is 0.196. The van der Waals surface area contributed by atoms with Crippen LogP contribution < -0.4 is 10.9 Å². The minimum Gasteiger partial charge on any atom is -0.462 e. The number of ether oxygens (including phenoxy) is 1. The van der Waals surface area contributed by atoms with Crippen molar-refractivity contribution in [3.8, 4) is 0 Å². The first kappa shape index (κ1) is 31.3. The zero-order valence-electron chi connectivity index (χ0n) is 25.3. The Morgan fingerprint density at radius 1 is 0.732 bits per heavy atom. The summed E-state index contributed by atoms with van der Waals surface area (Å²) in [4.78, 5) is 26.7. The molecular formula is C30H38B2F2O7. The van der Waals surface area contributed by atoms with Crippen LogP contribution in [0.15, 0.2) is 30.3 Å². The van der Waals surface area contributed by atoms with Crippen LogP contribution in [0.1, 0.15) is 101 Å². The smallest absolute Gasteiger partial charge is 0.462 e. The molecule has 7 nitrogen and oxygen atoms in total. The van der Waals surface area contributed by atoms with Crippen LogP contribution in [0.2, 0.25) is 0 Å². The van der Waals surface area contributed by atoms with Crippen molar-refractivity contribution < 1.29 is 41.7 Å². The topological polar surface area (TPSA) is 80.3 Å². The van der Waals surface area contributed by atoms with Crippen LogP contribution in [-0.2, 0) is 23.4 Å². The standard InChI is InChI=1S/C30H38B2F2O7/c1-10-11-12-37-26(36)19-13-18(14-20(15-19)31-38-27(2,3)28(4,5)39-31)25(35)21-16-22(24(34)17-23(21)33)32-40-29(6,7)30(8,9)41-32/h13-17H,10-12H2,1-9H3. The molecule has 0 radical (unpaired) electrons. The fraction of sp³-hybridized carbons (Fsp3) is 0.533. The highest BCUT2D eigenvalue weighted by atomic mass is 19.1. The van der Waals surface area contributed by atoms with Crippen LogP contribution in [0.4, 0.5) is 8.78 Å². The van der Waals surface area contributed by atoms with Crippen LogP contribution >= 0.6 is 0 Å². The van der Waals surface area contributed by atoms with E-state index in [0.717, 1.165) is 12.5 Å². The van der Waals surface area contributed by atoms with Gasteiger partial charge in [0, 0.05) is 17.1 Å². The van der Waals surface area contributed by atoms with E-state index in [2.05, 4.69) is 0 Å². The van der Waals surface area contributed by atoms with E-state index in [1.54, 1.807) is 6.07 Å². The number of esters is 1. The molecule has 0 amide bonds. The van der Waals surface area contributed by atoms with Gasteiger partial charge in [-0.25, -0.2) is 13.6 Å². The lowest BCUT2D eigenvalue weighted by Crippen LogP contribution is -2.41. The SMILES string of the molecule is CCCCOC(=O)c1cc(B2OC(C)(C)C(C)(C)O2)cc(C(=O)c2cc(B3OC(C)(C)C(C)(C)O3)c(F)cc2F)c1. The highest BCUT2D eigenvalue weighted by Crippen LogP contribution is 2.38. The molecule has 0 atom stereocenters. The van der Waals surface area contributed by atoms with Crippen molar-refractivity contribution in [3.05, 3.63) is 58.7 Å². The van der Waals surface area contributed by atoms with Gasteiger partial charge < -0.3 is 23.4 Å². The molecule has 0 N–H and O–H groups in total. The van der Waals surface area contributed by atoms with Crippen molar-refractivity contribution in [1.29, 1.82) is 0 Å². The Labute approximate surface area is 241 Å². The molecule has 0 aliphatic carbocycles. The zero-order valence-corrected chi connectivity index (χ0v) is 25.3. The Kier molecular flexibility index (Phi) is 8.34. The molecule has 0 saturated carbocycles. The second-order valence-electron chi connectivity index (χ2n) is 12.7. The summed E-state index contributed by atoms with van der Waals surface area (Å²) in [5.74, 6) is -3.35. The van der Waals surface area contributed by atoms with Gasteiger partial charge in [-0.15, -0.1) is 0 Å². The summed E-state index contributed by atoms with van der Waals surface area (Å²) >= 11 is 0. The maximum atomic E-state index is 15.1. The molecule has 0 unspecified atom stereocenters. The maximum Gasteiger partial charge on any atom is 0.497 e. The van der Waals surface area contributed by atoms with Gasteiger partial charge in [-0.05, 0) is 85.5 Å². The number of unbranched alkanes of at least 4 members (excludes halogenated alkanes) is 1. The van der Waals surface area contributed by atoms with Gasteiger partial charge in [0.05, 0.1) is 40.1 Å². The molecule has 2 aliphatic heterocycles. The van der Waals surface area contributed by atoms with E-state index < -0.39 is 65.6 Å². The Bertz CT molecular complexity index is 1320. The third kappa shape index (κ3) is 6.00. The molecule has 2 aromatic rings. The number of carbonyl (C=O) groups is 2. The van der Waals surface area contributed by atoms with Gasteiger partial charge in [0.2, 0.25) is 0 Å². The van der Waals surface area contributed by atoms with Gasteiger partial charge in [0.25, 0.3) is 0 Å². The molecule has 0 aromatic heterocycles. The van der Waals surface area contributed by atoms with E-state index in [1.165, 1.54) is 12.1 Å². The number of hydrogen-bond acceptors (Lipinski definition) is 7. The average Bonchev–Trinajstić information content (AvgIpc) is 3.22. The van der Waals surface area contributed by atoms with Gasteiger partial charge >= 0.3 is 20.2 Å². The monoisotopic (exact) mass is 570 g/mol. The summed E-state index contributed by atoms with van der Waals surface area (Å²) in [6.07, 6.45) is 1.51. The summed E-state index contributed by atoms with van der Waals surface area (Å²) < 4.78 is 59.7. The molecule has 0 spiro atoms. The number of benzene rings is 2. The summed E-state index contributed by atoms with van der Waals surface area (Å²) in [6, 6.07) is 6.12. The molecule has 11 heteroatoms. The van der Waals surface area contributed by atoms with Crippen molar-refractivity contribution in [2.24, 2.45) is 0 Å². The number of ketones is 1. The van der Waals surface area contributed by atoms with Crippen molar-refractivity contribution in [2.45, 2.75) is 97.6 Å². The summed E-state index contributed by atoms with van der Waals surface area (Å²) in [7, 11) is -2.04. The maximum absolute atomic E-state index is 15.1. The fourth-order valence-corrected chi connectivity index (χ4v) is 4.45. The summed E-state index contributed by atoms with van der Waals surface area (Å²) in [5.41, 5.74) is -2.93. The lowest BCUT2D eigenvalue weighted by molar-refractivity contribution is 0.00578. The van der Waals surface area contributed by atoms with Gasteiger partial charge in [0.15, 0.2) is 5.78 Å². The number of rotatable bonds is 8. The molecule has 41 heavy (non-hydrogen) atoms. The van der Waals surface area contributed by atoms with E-state index in [9.17, 15) is 14.0 Å². The summed E-state index contributed by atoms with van der Waals surface area (Å²) in [5, 5.41) is 0. The summed E-state index contributed by atoms with van der Waals surface area (Å²) in [6.45, 7) is 16.9. The predicted octanol–water partition coefficient (Wildman–Crippen LogP) is 4.75. The van der Waals surface area contributed by atoms with E-state index in [-0.39, 0.29) is 23.2 Å². The number of hydrogen-bond donors (Lipinski definition) is 0. The van der Waals surface area contributed by atoms with Crippen molar-refractivity contribution in [3.63, 3.8) is 0 Å². The lowest BCUT2D eigenvalue weighted by Gasteiger charge is -2.32. The Hall–Kier alpha value is -2.59. The Morgan fingerprint density at radius 3 is 1.78 bits per heavy atom. The minimum atomic E-state index is -1.15. The largest absolute Gasteiger partial charge is 0.497 e. The highest BCUT2D eigenvalue weighted by Gasteiger charge is 2.53. The Morgan fingerprint density at radius 2 is 1.24 bits per heavy atom. The molecule has 220 valence electrons. The highest BCUT2D eigenvalue weighted by molar-refractivity contribution is 6.63. The molecule has 0 bridgehead atoms. The average molecular weight is 570 g/mol. The van der Waals surface area contributed by atoms with Gasteiger partial charge in [-0.2, -0.15) is 0 Å². The van der Waals surface area contributed by atoms with Crippen LogP contribution in [0.25, 0.3) is 0 Å². The predicted molar refractivity (Wildman–Crippen MR) is 153 cm³/mol. The van der Waals surface area contributed by atoms with Crippen molar-refractivity contribution in [2.75, 3.05) is 6.61 Å². The molecule has 2 saturated heterocycles. The second-order valence-corrected chi connectivity index (χ2v) is 12.7. The third-order valence-corrected chi connectivity index (χ3v) is 8.55. The first-order valence-electron chi connectivity index (χ1n) is 14.0. The lowest BCUT2D eigenvalue weighted by atomic mass is 9.75. The molecule has 2 aliphatic rings. The number of halogens is 2. The number of carbonyl (C=O) groups excluding carboxylic acids is 2. The molecule has 2 heterocycles. The second kappa shape index (κ2) is 10.9. The zero-order chi connectivity index (χ0) is 30.5. The fourth-order valence-electron chi connectivity index (χ4n) is 4.45. The van der Waals surface area contributed by atoms with Gasteiger partial charge in [0.1, 0.15) is 11.6 Å². The molecule has 2 aromatic carbocycles. The van der Waals surface area contributed by atoms with Gasteiger partial charge in [-0.1, -0.05) is 19.4 Å². The van der Waals surface area contributed by atoms with Crippen LogP contribution in [0.5, 0.6) is 0 Å². The molecule has 2 fully saturated rings. The van der Waals surface area contributed by atoms with Gasteiger partial charge in [-0.3, -0.25) is 4.79 Å². The van der Waals surface area contributed by atoms with E-state index >= 15 is 4.39 Å². The third-order valence-electron chi connectivity index (χ3n) is 8.55. The first-order valence-corrected chi connectivity index (χ1v) is 14.0. The Balaban J connectivity index is 1.75. The molecule has 4 rings (SSSR count). The normalized spacial score (nSPS) is 20.4. The van der Waals surface area contributed by atoms with E-state index in [0.29, 0.717) is 17.9 Å². The van der Waals surface area contributed by atoms with Crippen molar-refractivity contribution in [1.82, 2.24) is 0 Å². The first-order chi connectivity index (χ1) is 18.9.